The summed E-state index contributed by atoms with van der Waals surface area (Å²) in [5.41, 5.74) is 0. The molecule has 0 rings (SSSR count). The fourth-order valence-electron chi connectivity index (χ4n) is 5.87. The lowest BCUT2D eigenvalue weighted by Crippen LogP contribution is -2.37. The van der Waals surface area contributed by atoms with Gasteiger partial charge in [0.15, 0.2) is 6.10 Å². The van der Waals surface area contributed by atoms with Crippen molar-refractivity contribution in [3.05, 3.63) is 97.2 Å². The molecule has 0 aliphatic heterocycles. The summed E-state index contributed by atoms with van der Waals surface area (Å²) in [6.07, 6.45) is 57.4. The summed E-state index contributed by atoms with van der Waals surface area (Å²) in [5, 5.41) is 0. The van der Waals surface area contributed by atoms with Crippen molar-refractivity contribution < 1.29 is 42.1 Å². The normalized spacial score (nSPS) is 14.4. The van der Waals surface area contributed by atoms with Crippen LogP contribution in [0.5, 0.6) is 0 Å². The smallest absolute Gasteiger partial charge is 0.462 e. The summed E-state index contributed by atoms with van der Waals surface area (Å²) in [4.78, 5) is 35.5. The Morgan fingerprint density at radius 1 is 0.516 bits per heavy atom. The van der Waals surface area contributed by atoms with Crippen molar-refractivity contribution >= 4 is 19.8 Å². The Labute approximate surface area is 379 Å². The number of likely N-dealkylation sites (N-methyl/N-ethyl adjacent to an activating group) is 1. The van der Waals surface area contributed by atoms with Crippen molar-refractivity contribution in [2.45, 2.75) is 174 Å². The number of allylic oxidation sites excluding steroid dienone is 16. The summed E-state index contributed by atoms with van der Waals surface area (Å²) in [6, 6.07) is 0. The van der Waals surface area contributed by atoms with E-state index >= 15 is 0 Å². The molecular weight excluding hydrogens is 798 g/mol. The zero-order chi connectivity index (χ0) is 45.7. The molecule has 0 aliphatic rings. The highest BCUT2D eigenvalue weighted by atomic mass is 31.2. The summed E-state index contributed by atoms with van der Waals surface area (Å²) in [6.45, 7) is 4.21. The molecule has 0 fully saturated rings. The topological polar surface area (TPSA) is 108 Å². The van der Waals surface area contributed by atoms with E-state index in [1.165, 1.54) is 25.7 Å². The molecule has 0 aliphatic carbocycles. The van der Waals surface area contributed by atoms with Gasteiger partial charge >= 0.3 is 19.8 Å². The number of esters is 2. The van der Waals surface area contributed by atoms with E-state index in [0.29, 0.717) is 23.9 Å². The van der Waals surface area contributed by atoms with Crippen LogP contribution in [-0.2, 0) is 32.7 Å². The summed E-state index contributed by atoms with van der Waals surface area (Å²) in [7, 11) is 1.43. The number of nitrogens with zero attached hydrogens (tertiary/aromatic N) is 1. The van der Waals surface area contributed by atoms with Crippen LogP contribution in [0.3, 0.4) is 0 Å². The van der Waals surface area contributed by atoms with Gasteiger partial charge in [-0.25, -0.2) is 4.57 Å². The number of phosphoric acid groups is 1. The Kier molecular flexibility index (Phi) is 41.1. The molecule has 0 spiro atoms. The predicted molar refractivity (Wildman–Crippen MR) is 261 cm³/mol. The van der Waals surface area contributed by atoms with E-state index in [9.17, 15) is 19.0 Å². The molecule has 2 atom stereocenters. The van der Waals surface area contributed by atoms with Gasteiger partial charge in [-0.1, -0.05) is 156 Å². The summed E-state index contributed by atoms with van der Waals surface area (Å²) < 4.78 is 34.3. The average Bonchev–Trinajstić information content (AvgIpc) is 3.23. The molecule has 0 aromatic rings. The average molecular weight is 887 g/mol. The SMILES string of the molecule is CC/C=C\C/C=C\C/C=C\C/C=C\C/C=C\C/C=C\CCCCCCC(=O)OC(COC(=O)CCCCCCC/C=C\C/C=C\CCCCC)COP(=O)(O)OCC[N+](C)(C)C. The Morgan fingerprint density at radius 2 is 0.919 bits per heavy atom. The predicted octanol–water partition coefficient (Wildman–Crippen LogP) is 14.1. The molecule has 1 N–H and O–H groups in total. The first kappa shape index (κ1) is 58.9. The van der Waals surface area contributed by atoms with Crippen LogP contribution in [0.15, 0.2) is 97.2 Å². The molecule has 0 heterocycles. The Hall–Kier alpha value is -3.07. The minimum Gasteiger partial charge on any atom is -0.462 e. The maximum atomic E-state index is 12.7. The molecule has 0 bridgehead atoms. The number of quaternary nitrogens is 1. The van der Waals surface area contributed by atoms with E-state index in [1.54, 1.807) is 0 Å². The zero-order valence-corrected chi connectivity index (χ0v) is 40.7. The van der Waals surface area contributed by atoms with Gasteiger partial charge in [0.1, 0.15) is 19.8 Å². The van der Waals surface area contributed by atoms with Gasteiger partial charge in [-0.2, -0.15) is 0 Å². The Balaban J connectivity index is 4.40. The Morgan fingerprint density at radius 3 is 1.37 bits per heavy atom. The van der Waals surface area contributed by atoms with Gasteiger partial charge in [-0.05, 0) is 96.3 Å². The fourth-order valence-corrected chi connectivity index (χ4v) is 6.61. The number of hydrogen-bond acceptors (Lipinski definition) is 7. The molecule has 10 heteroatoms. The largest absolute Gasteiger partial charge is 0.472 e. The maximum absolute atomic E-state index is 12.7. The van der Waals surface area contributed by atoms with Crippen molar-refractivity contribution in [3.63, 3.8) is 0 Å². The van der Waals surface area contributed by atoms with Gasteiger partial charge < -0.3 is 18.9 Å². The first-order chi connectivity index (χ1) is 30.0. The second kappa shape index (κ2) is 43.2. The van der Waals surface area contributed by atoms with Gasteiger partial charge in [-0.15, -0.1) is 0 Å². The van der Waals surface area contributed by atoms with Crippen molar-refractivity contribution in [2.24, 2.45) is 0 Å². The molecule has 0 aromatic carbocycles. The first-order valence-corrected chi connectivity index (χ1v) is 25.5. The number of unbranched alkanes of at least 4 members (excludes halogenated alkanes) is 12. The molecule has 9 nitrogen and oxygen atoms in total. The lowest BCUT2D eigenvalue weighted by Gasteiger charge is -2.24. The molecule has 2 unspecified atom stereocenters. The highest BCUT2D eigenvalue weighted by Gasteiger charge is 2.27. The number of rotatable bonds is 42. The molecule has 0 saturated heterocycles. The minimum absolute atomic E-state index is 0.0182. The van der Waals surface area contributed by atoms with E-state index in [4.69, 9.17) is 18.5 Å². The van der Waals surface area contributed by atoms with Crippen LogP contribution >= 0.6 is 7.82 Å². The summed E-state index contributed by atoms with van der Waals surface area (Å²) >= 11 is 0. The first-order valence-electron chi connectivity index (χ1n) is 24.0. The number of phosphoric ester groups is 1. The molecular formula is C52H89NO8P+. The molecule has 0 saturated carbocycles. The van der Waals surface area contributed by atoms with Crippen LogP contribution in [0.4, 0.5) is 0 Å². The van der Waals surface area contributed by atoms with E-state index in [2.05, 4.69) is 111 Å². The highest BCUT2D eigenvalue weighted by molar-refractivity contribution is 7.47. The van der Waals surface area contributed by atoms with Crippen LogP contribution in [0.1, 0.15) is 168 Å². The van der Waals surface area contributed by atoms with Crippen LogP contribution in [-0.4, -0.2) is 74.9 Å². The monoisotopic (exact) mass is 887 g/mol. The van der Waals surface area contributed by atoms with E-state index < -0.39 is 32.5 Å². The number of hydrogen-bond donors (Lipinski definition) is 1. The van der Waals surface area contributed by atoms with Crippen LogP contribution in [0.2, 0.25) is 0 Å². The molecule has 0 amide bonds. The van der Waals surface area contributed by atoms with Crippen molar-refractivity contribution in [2.75, 3.05) is 47.5 Å². The van der Waals surface area contributed by atoms with E-state index in [1.807, 2.05) is 21.1 Å². The number of ether oxygens (including phenoxy) is 2. The standard InChI is InChI=1S/C52H88NO8P/c1-6-8-10-12-14-16-18-20-22-23-24-25-26-27-28-29-31-33-35-37-39-41-43-45-52(55)61-50(49-60-62(56,57)59-47-46-53(3,4)5)48-58-51(54)44-42-40-38-36-34-32-30-21-19-17-15-13-11-9-7-2/h8,10,14-17,20-22,24-25,27-28,30-31,33,50H,6-7,9,11-13,18-19,23,26,29,32,34-49H2,1-5H3/p+1/b10-8-,16-14-,17-15-,22-20-,25-24-,28-27-,30-21-,33-31-. The minimum atomic E-state index is -4.40. The van der Waals surface area contributed by atoms with Crippen LogP contribution in [0.25, 0.3) is 0 Å². The summed E-state index contributed by atoms with van der Waals surface area (Å²) in [5.74, 6) is -0.853. The second-order valence-corrected chi connectivity index (χ2v) is 18.2. The third-order valence-electron chi connectivity index (χ3n) is 9.60. The Bertz CT molecular complexity index is 1370. The van der Waals surface area contributed by atoms with Gasteiger partial charge in [0.2, 0.25) is 0 Å². The van der Waals surface area contributed by atoms with Crippen molar-refractivity contribution in [3.8, 4) is 0 Å². The number of carbonyl (C=O) groups is 2. The second-order valence-electron chi connectivity index (χ2n) is 16.8. The van der Waals surface area contributed by atoms with Crippen LogP contribution < -0.4 is 0 Å². The molecule has 0 aromatic heterocycles. The van der Waals surface area contributed by atoms with Crippen LogP contribution in [0, 0.1) is 0 Å². The molecule has 62 heavy (non-hydrogen) atoms. The zero-order valence-electron chi connectivity index (χ0n) is 39.8. The molecule has 0 radical (unpaired) electrons. The maximum Gasteiger partial charge on any atom is 0.472 e. The lowest BCUT2D eigenvalue weighted by atomic mass is 10.1. The third-order valence-corrected chi connectivity index (χ3v) is 10.6. The lowest BCUT2D eigenvalue weighted by molar-refractivity contribution is -0.870. The quantitative estimate of drug-likeness (QED) is 0.0212. The van der Waals surface area contributed by atoms with Gasteiger partial charge in [0.25, 0.3) is 0 Å². The fraction of sp³-hybridized carbons (Fsp3) is 0.654. The van der Waals surface area contributed by atoms with E-state index in [-0.39, 0.29) is 26.1 Å². The highest BCUT2D eigenvalue weighted by Crippen LogP contribution is 2.43. The number of carbonyl (C=O) groups excluding carboxylic acids is 2. The van der Waals surface area contributed by atoms with Crippen molar-refractivity contribution in [1.29, 1.82) is 0 Å². The van der Waals surface area contributed by atoms with Gasteiger partial charge in [-0.3, -0.25) is 18.6 Å². The third kappa shape index (κ3) is 46.4. The van der Waals surface area contributed by atoms with Gasteiger partial charge in [0, 0.05) is 12.8 Å². The van der Waals surface area contributed by atoms with E-state index in [0.717, 1.165) is 103 Å². The van der Waals surface area contributed by atoms with Crippen molar-refractivity contribution in [1.82, 2.24) is 0 Å². The molecule has 354 valence electrons. The van der Waals surface area contributed by atoms with Gasteiger partial charge in [0.05, 0.1) is 27.7 Å².